The molecule has 1 rings (SSSR count). The normalized spacial score (nSPS) is 38.8. The number of hydrogen-bond acceptors (Lipinski definition) is 6. The van der Waals surface area contributed by atoms with Gasteiger partial charge in [-0.3, -0.25) is 9.59 Å². The highest BCUT2D eigenvalue weighted by atomic mass is 16.5. The van der Waals surface area contributed by atoms with Gasteiger partial charge in [0.2, 0.25) is 0 Å². The van der Waals surface area contributed by atoms with Crippen LogP contribution in [0.5, 0.6) is 0 Å². The second-order valence-electron chi connectivity index (χ2n) is 8.36. The zero-order valence-electron chi connectivity index (χ0n) is 18.4. The van der Waals surface area contributed by atoms with Crippen LogP contribution in [0.15, 0.2) is 23.8 Å². The summed E-state index contributed by atoms with van der Waals surface area (Å²) in [5, 5.41) is 31.0. The summed E-state index contributed by atoms with van der Waals surface area (Å²) < 4.78 is 5.52. The topological polar surface area (TPSA) is 104 Å². The molecule has 166 valence electrons. The molecule has 0 aliphatic carbocycles. The third-order valence-corrected chi connectivity index (χ3v) is 6.03. The van der Waals surface area contributed by atoms with Crippen molar-refractivity contribution in [3.63, 3.8) is 0 Å². The van der Waals surface area contributed by atoms with Gasteiger partial charge in [-0.2, -0.15) is 0 Å². The molecule has 0 saturated heterocycles. The van der Waals surface area contributed by atoms with Crippen molar-refractivity contribution in [3.05, 3.63) is 23.8 Å². The fourth-order valence-electron chi connectivity index (χ4n) is 3.87. The van der Waals surface area contributed by atoms with E-state index in [1.807, 2.05) is 27.7 Å². The molecule has 0 aromatic heterocycles. The van der Waals surface area contributed by atoms with E-state index in [9.17, 15) is 24.9 Å². The van der Waals surface area contributed by atoms with Crippen molar-refractivity contribution in [2.24, 2.45) is 23.7 Å². The van der Waals surface area contributed by atoms with Crippen molar-refractivity contribution in [2.45, 2.75) is 78.6 Å². The molecule has 0 bridgehead atoms. The molecule has 1 aliphatic rings. The summed E-state index contributed by atoms with van der Waals surface area (Å²) in [6.07, 6.45) is 4.09. The first-order valence-corrected chi connectivity index (χ1v) is 10.7. The Morgan fingerprint density at radius 1 is 1.10 bits per heavy atom. The minimum absolute atomic E-state index is 0.0253. The molecule has 3 N–H and O–H groups in total. The summed E-state index contributed by atoms with van der Waals surface area (Å²) in [4.78, 5) is 24.9. The zero-order chi connectivity index (χ0) is 22.1. The van der Waals surface area contributed by atoms with Gasteiger partial charge in [-0.05, 0) is 31.8 Å². The Labute approximate surface area is 174 Å². The molecule has 1 heterocycles. The molecule has 6 heteroatoms. The van der Waals surface area contributed by atoms with Gasteiger partial charge in [0.25, 0.3) is 0 Å². The molecule has 0 saturated carbocycles. The quantitative estimate of drug-likeness (QED) is 0.618. The number of rotatable bonds is 3. The van der Waals surface area contributed by atoms with Crippen molar-refractivity contribution in [1.82, 2.24) is 0 Å². The van der Waals surface area contributed by atoms with Gasteiger partial charge in [-0.25, -0.2) is 0 Å². The number of ketones is 1. The van der Waals surface area contributed by atoms with Crippen molar-refractivity contribution in [1.29, 1.82) is 0 Å². The first kappa shape index (κ1) is 25.5. The molecule has 0 radical (unpaired) electrons. The maximum atomic E-state index is 12.5. The molecule has 0 aromatic carbocycles. The van der Waals surface area contributed by atoms with E-state index in [4.69, 9.17) is 4.74 Å². The van der Waals surface area contributed by atoms with Crippen LogP contribution < -0.4 is 0 Å². The Kier molecular flexibility index (Phi) is 10.8. The maximum Gasteiger partial charge on any atom is 0.308 e. The smallest absolute Gasteiger partial charge is 0.308 e. The van der Waals surface area contributed by atoms with E-state index in [1.165, 1.54) is 6.08 Å². The lowest BCUT2D eigenvalue weighted by Crippen LogP contribution is -2.38. The van der Waals surface area contributed by atoms with Crippen LogP contribution in [0.4, 0.5) is 0 Å². The number of cyclic esters (lactones) is 1. The van der Waals surface area contributed by atoms with Crippen LogP contribution in [0.2, 0.25) is 0 Å². The van der Waals surface area contributed by atoms with E-state index >= 15 is 0 Å². The van der Waals surface area contributed by atoms with Crippen molar-refractivity contribution < 1.29 is 29.6 Å². The van der Waals surface area contributed by atoms with Gasteiger partial charge >= 0.3 is 5.97 Å². The summed E-state index contributed by atoms with van der Waals surface area (Å²) in [5.74, 6) is -1.93. The highest BCUT2D eigenvalue weighted by molar-refractivity contribution is 5.91. The first-order chi connectivity index (χ1) is 13.6. The van der Waals surface area contributed by atoms with Crippen LogP contribution in [0, 0.1) is 23.7 Å². The fourth-order valence-corrected chi connectivity index (χ4v) is 3.87. The van der Waals surface area contributed by atoms with Gasteiger partial charge in [0.05, 0.1) is 25.2 Å². The van der Waals surface area contributed by atoms with E-state index in [2.05, 4.69) is 0 Å². The van der Waals surface area contributed by atoms with Crippen molar-refractivity contribution >= 4 is 11.8 Å². The zero-order valence-corrected chi connectivity index (χ0v) is 18.4. The first-order valence-electron chi connectivity index (χ1n) is 10.7. The lowest BCUT2D eigenvalue weighted by atomic mass is 9.80. The molecule has 7 atom stereocenters. The SMILES string of the molecule is CCC1CC(C)C(=O)/C=C/C(C)=C\C(CO)C(CC)OC(=O)CC(O)C(C)C1O. The fraction of sp³-hybridized carbons (Fsp3) is 0.739. The van der Waals surface area contributed by atoms with Gasteiger partial charge in [0.1, 0.15) is 6.10 Å². The highest BCUT2D eigenvalue weighted by Gasteiger charge is 2.32. The third kappa shape index (κ3) is 7.68. The predicted molar refractivity (Wildman–Crippen MR) is 112 cm³/mol. The van der Waals surface area contributed by atoms with Crippen molar-refractivity contribution in [3.8, 4) is 0 Å². The lowest BCUT2D eigenvalue weighted by molar-refractivity contribution is -0.155. The second kappa shape index (κ2) is 12.3. The van der Waals surface area contributed by atoms with Gasteiger partial charge in [-0.1, -0.05) is 51.8 Å². The molecular weight excluding hydrogens is 372 g/mol. The molecule has 0 aromatic rings. The van der Waals surface area contributed by atoms with Crippen LogP contribution >= 0.6 is 0 Å². The molecule has 0 amide bonds. The molecule has 7 unspecified atom stereocenters. The standard InChI is InChI=1S/C23H38O6/c1-6-17-11-15(4)19(25)9-8-14(3)10-18(13-24)21(7-2)29-22(27)12-20(26)16(5)23(17)28/h8-10,15-18,20-21,23-24,26,28H,6-7,11-13H2,1-5H3/b9-8+,14-10-. The number of carbonyl (C=O) groups is 2. The lowest BCUT2D eigenvalue weighted by Gasteiger charge is -2.31. The van der Waals surface area contributed by atoms with E-state index in [-0.39, 0.29) is 30.6 Å². The van der Waals surface area contributed by atoms with E-state index in [0.29, 0.717) is 19.3 Å². The minimum atomic E-state index is -1.05. The molecule has 0 spiro atoms. The average molecular weight is 411 g/mol. The van der Waals surface area contributed by atoms with Gasteiger partial charge in [0.15, 0.2) is 5.78 Å². The summed E-state index contributed by atoms with van der Waals surface area (Å²) >= 11 is 0. The van der Waals surface area contributed by atoms with E-state index in [1.54, 1.807) is 19.1 Å². The maximum absolute atomic E-state index is 12.5. The van der Waals surface area contributed by atoms with Crippen LogP contribution in [-0.2, 0) is 14.3 Å². The number of hydrogen-bond donors (Lipinski definition) is 3. The van der Waals surface area contributed by atoms with Crippen molar-refractivity contribution in [2.75, 3.05) is 6.61 Å². The van der Waals surface area contributed by atoms with Crippen LogP contribution in [0.1, 0.15) is 60.3 Å². The van der Waals surface area contributed by atoms with Gasteiger partial charge in [-0.15, -0.1) is 0 Å². The Morgan fingerprint density at radius 2 is 1.76 bits per heavy atom. The van der Waals surface area contributed by atoms with Crippen LogP contribution in [0.25, 0.3) is 0 Å². The Morgan fingerprint density at radius 3 is 2.31 bits per heavy atom. The number of ether oxygens (including phenoxy) is 1. The Bertz CT molecular complexity index is 596. The summed E-state index contributed by atoms with van der Waals surface area (Å²) in [6.45, 7) is 8.99. The van der Waals surface area contributed by atoms with E-state index in [0.717, 1.165) is 5.57 Å². The Balaban J connectivity index is 3.23. The average Bonchev–Trinajstić information content (AvgIpc) is 2.70. The molecule has 1 aliphatic heterocycles. The summed E-state index contributed by atoms with van der Waals surface area (Å²) in [6, 6.07) is 0. The second-order valence-corrected chi connectivity index (χ2v) is 8.36. The highest BCUT2D eigenvalue weighted by Crippen LogP contribution is 2.28. The molecular formula is C23H38O6. The Hall–Kier alpha value is -1.50. The largest absolute Gasteiger partial charge is 0.462 e. The minimum Gasteiger partial charge on any atom is -0.462 e. The van der Waals surface area contributed by atoms with Crippen LogP contribution in [-0.4, -0.2) is 52.0 Å². The number of aliphatic hydroxyl groups is 3. The summed E-state index contributed by atoms with van der Waals surface area (Å²) in [7, 11) is 0. The van der Waals surface area contributed by atoms with E-state index < -0.39 is 36.1 Å². The van der Waals surface area contributed by atoms with Gasteiger partial charge in [0, 0.05) is 17.8 Å². The van der Waals surface area contributed by atoms with Crippen LogP contribution in [0.3, 0.4) is 0 Å². The number of esters is 1. The third-order valence-electron chi connectivity index (χ3n) is 6.03. The monoisotopic (exact) mass is 410 g/mol. The molecule has 0 fully saturated rings. The molecule has 6 nitrogen and oxygen atoms in total. The van der Waals surface area contributed by atoms with Gasteiger partial charge < -0.3 is 20.1 Å². The summed E-state index contributed by atoms with van der Waals surface area (Å²) in [5.41, 5.74) is 0.798. The number of allylic oxidation sites excluding steroid dienone is 3. The predicted octanol–water partition coefficient (Wildman–Crippen LogP) is 2.80. The number of carbonyl (C=O) groups excluding carboxylic acids is 2. The molecule has 29 heavy (non-hydrogen) atoms. The number of aliphatic hydroxyl groups excluding tert-OH is 3.